The molecule has 21 heavy (non-hydrogen) atoms. The van der Waals surface area contributed by atoms with Crippen molar-refractivity contribution < 1.29 is 9.47 Å². The molecule has 3 nitrogen and oxygen atoms in total. The Labute approximate surface area is 130 Å². The fourth-order valence-electron chi connectivity index (χ4n) is 2.31. The van der Waals surface area contributed by atoms with Gasteiger partial charge in [-0.25, -0.2) is 0 Å². The average molecular weight is 306 g/mol. The van der Waals surface area contributed by atoms with Gasteiger partial charge in [0.25, 0.3) is 0 Å². The van der Waals surface area contributed by atoms with Gasteiger partial charge in [0.1, 0.15) is 11.5 Å². The zero-order valence-corrected chi connectivity index (χ0v) is 13.5. The summed E-state index contributed by atoms with van der Waals surface area (Å²) in [6.45, 7) is 4.95. The van der Waals surface area contributed by atoms with Gasteiger partial charge in [-0.2, -0.15) is 0 Å². The first-order valence-electron chi connectivity index (χ1n) is 6.77. The Balaban J connectivity index is 2.26. The van der Waals surface area contributed by atoms with E-state index >= 15 is 0 Å². The Hall–Kier alpha value is -1.87. The highest BCUT2D eigenvalue weighted by Gasteiger charge is 2.10. The van der Waals surface area contributed by atoms with Gasteiger partial charge in [0.05, 0.1) is 24.9 Å². The first-order valence-corrected chi connectivity index (χ1v) is 7.15. The van der Waals surface area contributed by atoms with Crippen LogP contribution >= 0.6 is 11.6 Å². The molecule has 0 aliphatic heterocycles. The van der Waals surface area contributed by atoms with Crippen LogP contribution in [0.15, 0.2) is 30.3 Å². The first-order chi connectivity index (χ1) is 10.1. The molecule has 0 amide bonds. The van der Waals surface area contributed by atoms with Gasteiger partial charge in [-0.1, -0.05) is 29.8 Å². The minimum absolute atomic E-state index is 0.558. The number of benzene rings is 2. The molecule has 0 atom stereocenters. The Morgan fingerprint density at radius 3 is 2.19 bits per heavy atom. The predicted molar refractivity (Wildman–Crippen MR) is 87.8 cm³/mol. The molecule has 2 aromatic rings. The number of ether oxygens (including phenoxy) is 2. The van der Waals surface area contributed by atoms with Crippen molar-refractivity contribution in [1.82, 2.24) is 0 Å². The SMILES string of the molecule is COc1cc(OC)c(NCc2c(C)cccc2C)cc1Cl. The maximum atomic E-state index is 6.18. The highest BCUT2D eigenvalue weighted by Crippen LogP contribution is 2.36. The van der Waals surface area contributed by atoms with Gasteiger partial charge in [0.2, 0.25) is 0 Å². The molecule has 0 unspecified atom stereocenters. The van der Waals surface area contributed by atoms with Gasteiger partial charge in [-0.3, -0.25) is 0 Å². The lowest BCUT2D eigenvalue weighted by atomic mass is 10.0. The van der Waals surface area contributed by atoms with E-state index in [4.69, 9.17) is 21.1 Å². The molecular formula is C17H20ClNO2. The Morgan fingerprint density at radius 2 is 1.62 bits per heavy atom. The number of hydrogen-bond donors (Lipinski definition) is 1. The number of methoxy groups -OCH3 is 2. The average Bonchev–Trinajstić information content (AvgIpc) is 2.47. The Bertz CT molecular complexity index is 621. The van der Waals surface area contributed by atoms with Crippen molar-refractivity contribution in [2.75, 3.05) is 19.5 Å². The molecule has 0 saturated carbocycles. The van der Waals surface area contributed by atoms with Crippen LogP contribution in [0.5, 0.6) is 11.5 Å². The summed E-state index contributed by atoms with van der Waals surface area (Å²) in [7, 11) is 3.22. The Kier molecular flexibility index (Phi) is 4.97. The maximum absolute atomic E-state index is 6.18. The van der Waals surface area contributed by atoms with Gasteiger partial charge in [0.15, 0.2) is 0 Å². The highest BCUT2D eigenvalue weighted by molar-refractivity contribution is 6.32. The lowest BCUT2D eigenvalue weighted by Crippen LogP contribution is -2.05. The second kappa shape index (κ2) is 6.72. The van der Waals surface area contributed by atoms with Gasteiger partial charge >= 0.3 is 0 Å². The Morgan fingerprint density at radius 1 is 1.00 bits per heavy atom. The van der Waals surface area contributed by atoms with Crippen LogP contribution < -0.4 is 14.8 Å². The molecule has 0 bridgehead atoms. The van der Waals surface area contributed by atoms with Gasteiger partial charge in [-0.15, -0.1) is 0 Å². The fraction of sp³-hybridized carbons (Fsp3) is 0.294. The molecule has 0 heterocycles. The fourth-order valence-corrected chi connectivity index (χ4v) is 2.55. The number of halogens is 1. The summed E-state index contributed by atoms with van der Waals surface area (Å²) < 4.78 is 10.6. The van der Waals surface area contributed by atoms with Crippen LogP contribution in [0.25, 0.3) is 0 Å². The molecule has 2 rings (SSSR count). The summed E-state index contributed by atoms with van der Waals surface area (Å²) >= 11 is 6.18. The van der Waals surface area contributed by atoms with E-state index in [1.165, 1.54) is 16.7 Å². The standard InChI is InChI=1S/C17H20ClNO2/c1-11-6-5-7-12(2)13(11)10-19-15-8-14(18)16(20-3)9-17(15)21-4/h5-9,19H,10H2,1-4H3. The maximum Gasteiger partial charge on any atom is 0.145 e. The van der Waals surface area contributed by atoms with E-state index < -0.39 is 0 Å². The number of aryl methyl sites for hydroxylation is 2. The second-order valence-corrected chi connectivity index (χ2v) is 5.32. The van der Waals surface area contributed by atoms with Crippen molar-refractivity contribution in [3.63, 3.8) is 0 Å². The van der Waals surface area contributed by atoms with E-state index in [1.54, 1.807) is 20.3 Å². The topological polar surface area (TPSA) is 30.5 Å². The number of rotatable bonds is 5. The molecule has 0 aliphatic rings. The van der Waals surface area contributed by atoms with Crippen molar-refractivity contribution in [2.24, 2.45) is 0 Å². The first kappa shape index (κ1) is 15.5. The molecule has 0 saturated heterocycles. The molecule has 2 aromatic carbocycles. The third kappa shape index (κ3) is 3.42. The van der Waals surface area contributed by atoms with Crippen molar-refractivity contribution in [3.05, 3.63) is 52.0 Å². The van der Waals surface area contributed by atoms with Gasteiger partial charge in [0, 0.05) is 12.6 Å². The molecule has 0 aliphatic carbocycles. The summed E-state index contributed by atoms with van der Waals surface area (Å²) in [6, 6.07) is 9.91. The van der Waals surface area contributed by atoms with Crippen molar-refractivity contribution in [1.29, 1.82) is 0 Å². The van der Waals surface area contributed by atoms with Crippen LogP contribution in [0.3, 0.4) is 0 Å². The number of hydrogen-bond acceptors (Lipinski definition) is 3. The van der Waals surface area contributed by atoms with Crippen LogP contribution in [0.4, 0.5) is 5.69 Å². The normalized spacial score (nSPS) is 10.3. The van der Waals surface area contributed by atoms with E-state index in [2.05, 4.69) is 37.4 Å². The lowest BCUT2D eigenvalue weighted by molar-refractivity contribution is 0.395. The summed E-state index contributed by atoms with van der Waals surface area (Å²) in [5.74, 6) is 1.31. The molecule has 112 valence electrons. The number of nitrogens with one attached hydrogen (secondary N) is 1. The van der Waals surface area contributed by atoms with E-state index in [0.29, 0.717) is 16.5 Å². The molecule has 0 fully saturated rings. The monoisotopic (exact) mass is 305 g/mol. The molecule has 0 aromatic heterocycles. The second-order valence-electron chi connectivity index (χ2n) is 4.91. The van der Waals surface area contributed by atoms with E-state index in [1.807, 2.05) is 6.07 Å². The van der Waals surface area contributed by atoms with E-state index in [-0.39, 0.29) is 0 Å². The minimum atomic E-state index is 0.558. The summed E-state index contributed by atoms with van der Waals surface area (Å²) in [5, 5.41) is 3.95. The molecular weight excluding hydrogens is 286 g/mol. The molecule has 0 spiro atoms. The molecule has 4 heteroatoms. The summed E-state index contributed by atoms with van der Waals surface area (Å²) in [4.78, 5) is 0. The lowest BCUT2D eigenvalue weighted by Gasteiger charge is -2.16. The molecule has 1 N–H and O–H groups in total. The van der Waals surface area contributed by atoms with Crippen LogP contribution in [-0.4, -0.2) is 14.2 Å². The third-order valence-electron chi connectivity index (χ3n) is 3.57. The quantitative estimate of drug-likeness (QED) is 0.876. The van der Waals surface area contributed by atoms with Crippen molar-refractivity contribution >= 4 is 17.3 Å². The van der Waals surface area contributed by atoms with Crippen molar-refractivity contribution in [2.45, 2.75) is 20.4 Å². The predicted octanol–water partition coefficient (Wildman–Crippen LogP) is 4.59. The zero-order valence-electron chi connectivity index (χ0n) is 12.8. The smallest absolute Gasteiger partial charge is 0.145 e. The van der Waals surface area contributed by atoms with Crippen LogP contribution in [0.1, 0.15) is 16.7 Å². The van der Waals surface area contributed by atoms with Crippen LogP contribution in [0.2, 0.25) is 5.02 Å². The van der Waals surface area contributed by atoms with E-state index in [9.17, 15) is 0 Å². The third-order valence-corrected chi connectivity index (χ3v) is 3.87. The highest BCUT2D eigenvalue weighted by atomic mass is 35.5. The van der Waals surface area contributed by atoms with Crippen LogP contribution in [-0.2, 0) is 6.54 Å². The van der Waals surface area contributed by atoms with Gasteiger partial charge in [-0.05, 0) is 36.6 Å². The van der Waals surface area contributed by atoms with Crippen LogP contribution in [0, 0.1) is 13.8 Å². The number of anilines is 1. The largest absolute Gasteiger partial charge is 0.495 e. The summed E-state index contributed by atoms with van der Waals surface area (Å²) in [6.07, 6.45) is 0. The summed E-state index contributed by atoms with van der Waals surface area (Å²) in [5.41, 5.74) is 4.67. The molecule has 0 radical (unpaired) electrons. The van der Waals surface area contributed by atoms with Crippen molar-refractivity contribution in [3.8, 4) is 11.5 Å². The zero-order chi connectivity index (χ0) is 15.4. The minimum Gasteiger partial charge on any atom is -0.495 e. The van der Waals surface area contributed by atoms with E-state index in [0.717, 1.165) is 12.2 Å². The van der Waals surface area contributed by atoms with Gasteiger partial charge < -0.3 is 14.8 Å².